The van der Waals surface area contributed by atoms with Crippen LogP contribution in [0.15, 0.2) is 41.6 Å². The number of anilines is 1. The number of aromatic nitrogens is 4. The Morgan fingerprint density at radius 3 is 2.69 bits per heavy atom. The molecule has 9 nitrogen and oxygen atoms in total. The van der Waals surface area contributed by atoms with E-state index in [1.807, 2.05) is 4.72 Å². The maximum atomic E-state index is 15.1. The first kappa shape index (κ1) is 22.9. The van der Waals surface area contributed by atoms with E-state index in [2.05, 4.69) is 20.2 Å². The van der Waals surface area contributed by atoms with Crippen molar-refractivity contribution in [1.82, 2.24) is 20.2 Å². The summed E-state index contributed by atoms with van der Waals surface area (Å²) in [5.41, 5.74) is 0.379. The Morgan fingerprint density at radius 1 is 1.14 bits per heavy atom. The van der Waals surface area contributed by atoms with Crippen LogP contribution in [0.3, 0.4) is 0 Å². The smallest absolute Gasteiger partial charge is 0.267 e. The molecule has 182 valence electrons. The molecule has 2 N–H and O–H groups in total. The molecular weight excluding hydrogens is 487 g/mol. The van der Waals surface area contributed by atoms with Gasteiger partial charge in [0.05, 0.1) is 36.4 Å². The normalized spacial score (nSPS) is 13.7. The standard InChI is InChI=1S/C22H18F3N5O4S/c1-33-22-18(6-12(23)8-27-22)35(31,32)30-17-5-4-16(24)15(19(17)25)10-34-13-7-14-20(11-2-3-11)28-29-21(14)26-9-13/h4-9,11,30H,2-3,10H2,1H3,(H,26,28,29). The maximum absolute atomic E-state index is 15.1. The molecule has 0 amide bonds. The Bertz CT molecular complexity index is 1540. The topological polar surface area (TPSA) is 119 Å². The van der Waals surface area contributed by atoms with Gasteiger partial charge in [-0.05, 0) is 31.0 Å². The predicted molar refractivity (Wildman–Crippen MR) is 118 cm³/mol. The number of H-pyrrole nitrogens is 1. The number of sulfonamides is 1. The van der Waals surface area contributed by atoms with Crippen molar-refractivity contribution in [3.63, 3.8) is 0 Å². The minimum Gasteiger partial charge on any atom is -0.487 e. The summed E-state index contributed by atoms with van der Waals surface area (Å²) in [5, 5.41) is 7.88. The Balaban J connectivity index is 1.40. The van der Waals surface area contributed by atoms with Crippen LogP contribution in [0, 0.1) is 17.5 Å². The molecule has 0 unspecified atom stereocenters. The maximum Gasteiger partial charge on any atom is 0.267 e. The fourth-order valence-electron chi connectivity index (χ4n) is 3.57. The Kier molecular flexibility index (Phi) is 5.71. The second kappa shape index (κ2) is 8.73. The van der Waals surface area contributed by atoms with Crippen LogP contribution in [0.2, 0.25) is 0 Å². The van der Waals surface area contributed by atoms with Crippen molar-refractivity contribution in [1.29, 1.82) is 0 Å². The van der Waals surface area contributed by atoms with E-state index in [0.717, 1.165) is 49.4 Å². The SMILES string of the molecule is COc1ncc(F)cc1S(=O)(=O)Nc1ccc(F)c(COc2cnc3[nH]nc(C4CC4)c3c2)c1F. The summed E-state index contributed by atoms with van der Waals surface area (Å²) in [7, 11) is -3.37. The first-order chi connectivity index (χ1) is 16.8. The molecular formula is C22H18F3N5O4S. The molecule has 4 aromatic rings. The molecule has 1 saturated carbocycles. The van der Waals surface area contributed by atoms with Crippen LogP contribution in [-0.2, 0) is 16.6 Å². The zero-order valence-corrected chi connectivity index (χ0v) is 19.0. The number of hydrogen-bond donors (Lipinski definition) is 2. The molecule has 3 heterocycles. The van der Waals surface area contributed by atoms with Gasteiger partial charge in [-0.3, -0.25) is 9.82 Å². The van der Waals surface area contributed by atoms with Gasteiger partial charge < -0.3 is 9.47 Å². The van der Waals surface area contributed by atoms with Crippen LogP contribution in [0.25, 0.3) is 11.0 Å². The zero-order valence-electron chi connectivity index (χ0n) is 18.2. The fraction of sp³-hybridized carbons (Fsp3) is 0.227. The van der Waals surface area contributed by atoms with Gasteiger partial charge in [-0.2, -0.15) is 5.10 Å². The van der Waals surface area contributed by atoms with Crippen molar-refractivity contribution in [3.05, 3.63) is 65.4 Å². The number of aromatic amines is 1. The number of rotatable bonds is 8. The average molecular weight is 505 g/mol. The molecule has 1 aliphatic rings. The van der Waals surface area contributed by atoms with Gasteiger partial charge in [0.25, 0.3) is 10.0 Å². The second-order valence-electron chi connectivity index (χ2n) is 7.89. The van der Waals surface area contributed by atoms with E-state index in [0.29, 0.717) is 17.6 Å². The first-order valence-electron chi connectivity index (χ1n) is 10.4. The van der Waals surface area contributed by atoms with Crippen LogP contribution in [0.5, 0.6) is 11.6 Å². The molecule has 0 atom stereocenters. The average Bonchev–Trinajstić information content (AvgIpc) is 3.59. The lowest BCUT2D eigenvalue weighted by Gasteiger charge is -2.14. The van der Waals surface area contributed by atoms with Gasteiger partial charge in [-0.15, -0.1) is 0 Å². The highest BCUT2D eigenvalue weighted by Gasteiger charge is 2.29. The van der Waals surface area contributed by atoms with E-state index >= 15 is 4.39 Å². The van der Waals surface area contributed by atoms with Crippen molar-refractivity contribution < 1.29 is 31.1 Å². The van der Waals surface area contributed by atoms with Crippen molar-refractivity contribution in [2.45, 2.75) is 30.3 Å². The van der Waals surface area contributed by atoms with Gasteiger partial charge >= 0.3 is 0 Å². The quantitative estimate of drug-likeness (QED) is 0.371. The van der Waals surface area contributed by atoms with Gasteiger partial charge in [-0.25, -0.2) is 31.6 Å². The zero-order chi connectivity index (χ0) is 24.7. The van der Waals surface area contributed by atoms with Gasteiger partial charge in [-0.1, -0.05) is 0 Å². The van der Waals surface area contributed by atoms with Crippen molar-refractivity contribution in [2.75, 3.05) is 11.8 Å². The molecule has 0 bridgehead atoms. The van der Waals surface area contributed by atoms with E-state index in [-0.39, 0.29) is 5.75 Å². The Labute approximate surface area is 197 Å². The van der Waals surface area contributed by atoms with Gasteiger partial charge in [0, 0.05) is 17.4 Å². The molecule has 1 fully saturated rings. The third-order valence-electron chi connectivity index (χ3n) is 5.47. The number of pyridine rings is 2. The summed E-state index contributed by atoms with van der Waals surface area (Å²) < 4.78 is 81.1. The lowest BCUT2D eigenvalue weighted by molar-refractivity contribution is 0.292. The van der Waals surface area contributed by atoms with E-state index in [1.54, 1.807) is 6.07 Å². The summed E-state index contributed by atoms with van der Waals surface area (Å²) >= 11 is 0. The van der Waals surface area contributed by atoms with Gasteiger partial charge in [0.1, 0.15) is 24.0 Å². The van der Waals surface area contributed by atoms with Crippen molar-refractivity contribution >= 4 is 26.7 Å². The van der Waals surface area contributed by atoms with Gasteiger partial charge in [0.15, 0.2) is 16.4 Å². The number of benzene rings is 1. The summed E-state index contributed by atoms with van der Waals surface area (Å²) in [6, 6.07) is 4.16. The molecule has 0 radical (unpaired) electrons. The van der Waals surface area contributed by atoms with Gasteiger partial charge in [0.2, 0.25) is 5.88 Å². The third-order valence-corrected chi connectivity index (χ3v) is 6.83. The van der Waals surface area contributed by atoms with E-state index < -0.39 is 56.1 Å². The fourth-order valence-corrected chi connectivity index (χ4v) is 4.76. The summed E-state index contributed by atoms with van der Waals surface area (Å²) in [6.07, 6.45) is 4.22. The molecule has 0 saturated heterocycles. The lowest BCUT2D eigenvalue weighted by Crippen LogP contribution is -2.17. The number of ether oxygens (including phenoxy) is 2. The highest BCUT2D eigenvalue weighted by Crippen LogP contribution is 2.42. The largest absolute Gasteiger partial charge is 0.487 e. The highest BCUT2D eigenvalue weighted by molar-refractivity contribution is 7.92. The number of nitrogens with zero attached hydrogens (tertiary/aromatic N) is 3. The van der Waals surface area contributed by atoms with Crippen LogP contribution < -0.4 is 14.2 Å². The Hall–Kier alpha value is -3.87. The minimum absolute atomic E-state index is 0.265. The molecule has 5 rings (SSSR count). The first-order valence-corrected chi connectivity index (χ1v) is 11.9. The Morgan fingerprint density at radius 2 is 1.94 bits per heavy atom. The second-order valence-corrected chi connectivity index (χ2v) is 9.54. The summed E-state index contributed by atoms with van der Waals surface area (Å²) in [5.74, 6) is -2.83. The van der Waals surface area contributed by atoms with Crippen LogP contribution in [0.4, 0.5) is 18.9 Å². The number of nitrogens with one attached hydrogen (secondary N) is 2. The van der Waals surface area contributed by atoms with Crippen LogP contribution in [-0.4, -0.2) is 35.7 Å². The summed E-state index contributed by atoms with van der Waals surface area (Å²) in [4.78, 5) is 7.13. The third kappa shape index (κ3) is 4.46. The lowest BCUT2D eigenvalue weighted by atomic mass is 10.2. The highest BCUT2D eigenvalue weighted by atomic mass is 32.2. The molecule has 1 aliphatic carbocycles. The number of fused-ring (bicyclic) bond motifs is 1. The van der Waals surface area contributed by atoms with E-state index in [4.69, 9.17) is 9.47 Å². The molecule has 35 heavy (non-hydrogen) atoms. The molecule has 0 aliphatic heterocycles. The molecule has 3 aromatic heterocycles. The van der Waals surface area contributed by atoms with Crippen molar-refractivity contribution in [3.8, 4) is 11.6 Å². The number of hydrogen-bond acceptors (Lipinski definition) is 7. The minimum atomic E-state index is -4.52. The number of methoxy groups -OCH3 is 1. The molecule has 0 spiro atoms. The van der Waals surface area contributed by atoms with E-state index in [9.17, 15) is 17.2 Å². The van der Waals surface area contributed by atoms with Crippen molar-refractivity contribution in [2.24, 2.45) is 0 Å². The molecule has 13 heteroatoms. The summed E-state index contributed by atoms with van der Waals surface area (Å²) in [6.45, 7) is -0.540. The van der Waals surface area contributed by atoms with Crippen LogP contribution >= 0.6 is 0 Å². The van der Waals surface area contributed by atoms with Crippen LogP contribution in [0.1, 0.15) is 30.0 Å². The predicted octanol–water partition coefficient (Wildman–Crippen LogP) is 4.04. The monoisotopic (exact) mass is 505 g/mol. The van der Waals surface area contributed by atoms with E-state index in [1.165, 1.54) is 6.20 Å². The molecule has 1 aromatic carbocycles. The number of halogens is 3.